The molecule has 4 aliphatic rings. The summed E-state index contributed by atoms with van der Waals surface area (Å²) in [5.41, 5.74) is -0.826. The Morgan fingerprint density at radius 1 is 0.836 bits per heavy atom. The zero-order valence-electron chi connectivity index (χ0n) is 43.7. The number of methoxy groups -OCH3 is 2. The van der Waals surface area contributed by atoms with E-state index in [2.05, 4.69) is 0 Å². The second kappa shape index (κ2) is 28.6. The van der Waals surface area contributed by atoms with Crippen LogP contribution in [-0.2, 0) is 66.6 Å². The van der Waals surface area contributed by atoms with Crippen LogP contribution in [0.4, 0.5) is 0 Å². The number of hydrogen-bond acceptors (Lipinski definition) is 22. The Morgan fingerprint density at radius 3 is 1.95 bits per heavy atom. The number of carboxylic acids is 2. The molecule has 4 rings (SSSR count). The quantitative estimate of drug-likeness (QED) is 0.0725. The Labute approximate surface area is 426 Å². The van der Waals surface area contributed by atoms with Crippen molar-refractivity contribution in [1.82, 2.24) is 4.90 Å². The molecule has 4 aliphatic heterocycles. The highest BCUT2D eigenvalue weighted by Gasteiger charge is 2.52. The number of aliphatic hydroxyl groups is 7. The highest BCUT2D eigenvalue weighted by Crippen LogP contribution is 2.37. The molecule has 23 unspecified atom stereocenters. The summed E-state index contributed by atoms with van der Waals surface area (Å²) < 4.78 is 54.4. The summed E-state index contributed by atoms with van der Waals surface area (Å²) in [7, 11) is 6.40. The molecule has 0 aliphatic carbocycles. The lowest BCUT2D eigenvalue weighted by Crippen LogP contribution is -2.65. The molecule has 0 radical (unpaired) electrons. The highest BCUT2D eigenvalue weighted by atomic mass is 16.7. The summed E-state index contributed by atoms with van der Waals surface area (Å²) in [5.74, 6) is -7.68. The maximum absolute atomic E-state index is 13.7. The number of cyclic esters (lactones) is 1. The van der Waals surface area contributed by atoms with Gasteiger partial charge in [-0.3, -0.25) is 9.59 Å². The summed E-state index contributed by atoms with van der Waals surface area (Å²) in [5, 5.41) is 88.1. The minimum absolute atomic E-state index is 0.0117. The van der Waals surface area contributed by atoms with Gasteiger partial charge in [-0.1, -0.05) is 38.5 Å². The van der Waals surface area contributed by atoms with Crippen LogP contribution in [0.3, 0.4) is 0 Å². The smallest absolute Gasteiger partial charge is 0.335 e. The van der Waals surface area contributed by atoms with Gasteiger partial charge in [0.05, 0.1) is 55.2 Å². The number of carbonyl (C=O) groups excluding carboxylic acids is 3. The number of rotatable bonds is 15. The van der Waals surface area contributed by atoms with Gasteiger partial charge in [-0.25, -0.2) is 9.59 Å². The average Bonchev–Trinajstić information content (AvgIpc) is 3.32. The monoisotopic (exact) mass is 1050 g/mol. The van der Waals surface area contributed by atoms with Gasteiger partial charge in [0.1, 0.15) is 49.0 Å². The third kappa shape index (κ3) is 17.0. The number of ether oxygens (including phenoxy) is 9. The fourth-order valence-corrected chi connectivity index (χ4v) is 9.46. The first kappa shape index (κ1) is 63.9. The van der Waals surface area contributed by atoms with E-state index in [1.54, 1.807) is 66.6 Å². The minimum Gasteiger partial charge on any atom is -0.479 e. The normalized spacial score (nSPS) is 42.3. The van der Waals surface area contributed by atoms with Gasteiger partial charge in [-0.2, -0.15) is 0 Å². The molecule has 23 atom stereocenters. The molecule has 24 nitrogen and oxygen atoms in total. The summed E-state index contributed by atoms with van der Waals surface area (Å²) in [6.07, 6.45) is -13.6. The first-order chi connectivity index (χ1) is 34.0. The predicted molar refractivity (Wildman–Crippen MR) is 253 cm³/mol. The third-order valence-electron chi connectivity index (χ3n) is 13.9. The molecule has 3 fully saturated rings. The molecule has 0 saturated carbocycles. The molecular weight excluding hydrogens is 971 g/mol. The molecule has 73 heavy (non-hydrogen) atoms. The van der Waals surface area contributed by atoms with E-state index >= 15 is 0 Å². The zero-order chi connectivity index (χ0) is 55.4. The molecule has 24 heteroatoms. The van der Waals surface area contributed by atoms with Crippen molar-refractivity contribution < 1.29 is 113 Å². The van der Waals surface area contributed by atoms with Crippen LogP contribution in [0.2, 0.25) is 0 Å². The largest absolute Gasteiger partial charge is 0.479 e. The zero-order valence-corrected chi connectivity index (χ0v) is 43.7. The van der Waals surface area contributed by atoms with Gasteiger partial charge in [0.2, 0.25) is 0 Å². The fourth-order valence-electron chi connectivity index (χ4n) is 9.46. The Hall–Kier alpha value is -3.41. The van der Waals surface area contributed by atoms with Gasteiger partial charge in [-0.15, -0.1) is 0 Å². The molecule has 0 aromatic carbocycles. The van der Waals surface area contributed by atoms with Crippen LogP contribution in [0.15, 0.2) is 23.8 Å². The summed E-state index contributed by atoms with van der Waals surface area (Å²) in [4.78, 5) is 61.5. The Balaban J connectivity index is 0.00000126. The molecule has 0 aromatic rings. The lowest BCUT2D eigenvalue weighted by atomic mass is 9.81. The lowest BCUT2D eigenvalue weighted by molar-refractivity contribution is -0.341. The number of ketones is 1. The van der Waals surface area contributed by atoms with E-state index < -0.39 is 164 Å². The third-order valence-corrected chi connectivity index (χ3v) is 13.9. The van der Waals surface area contributed by atoms with Crippen molar-refractivity contribution in [2.45, 2.75) is 197 Å². The number of aldehydes is 1. The number of esters is 1. The van der Waals surface area contributed by atoms with Crippen molar-refractivity contribution in [3.8, 4) is 0 Å². The Bertz CT molecular complexity index is 1830. The molecule has 0 bridgehead atoms. The van der Waals surface area contributed by atoms with Crippen LogP contribution >= 0.6 is 0 Å². The van der Waals surface area contributed by atoms with Gasteiger partial charge < -0.3 is 98.3 Å². The van der Waals surface area contributed by atoms with Gasteiger partial charge in [-0.05, 0) is 67.6 Å². The van der Waals surface area contributed by atoms with E-state index in [1.807, 2.05) is 13.0 Å². The standard InChI is InChI=1S/C45H75NO17.C4H6O6/c1-13-32-29(21-57-44-41(56-12)40(55-11)36(51)25(5)59-44)16-22(2)14-15-30(48)23(3)17-28(20-47)38(24(4)31(49)18-33(50)61-32)63-43-37(52)35(46(9)10)39(26(6)60-43)62-34-19-45(8,54)42(53)27(7)58-34;5-1(3(7)8)2(6)4(9)10/h14-16,20,23-29,31-32,34-44,49,51-54H,13,17-19,21H2,1-12H3;1-2,5-6H,(H,7,8)(H,9,10)/b15-14+,22-16+;. The molecule has 0 amide bonds. The van der Waals surface area contributed by atoms with Crippen LogP contribution in [0.1, 0.15) is 81.1 Å². The first-order valence-corrected chi connectivity index (χ1v) is 24.5. The van der Waals surface area contributed by atoms with Crippen molar-refractivity contribution in [3.63, 3.8) is 0 Å². The fraction of sp³-hybridized carbons (Fsp3) is 0.816. The number of allylic oxidation sites excluding steroid dienone is 3. The predicted octanol–water partition coefficient (Wildman–Crippen LogP) is -0.679. The highest BCUT2D eigenvalue weighted by molar-refractivity contribution is 5.92. The van der Waals surface area contributed by atoms with Crippen molar-refractivity contribution in [2.24, 2.45) is 23.7 Å². The maximum Gasteiger partial charge on any atom is 0.335 e. The van der Waals surface area contributed by atoms with E-state index in [0.29, 0.717) is 18.3 Å². The Kier molecular flexibility index (Phi) is 25.1. The molecule has 3 saturated heterocycles. The van der Waals surface area contributed by atoms with E-state index in [-0.39, 0.29) is 25.2 Å². The van der Waals surface area contributed by atoms with Crippen LogP contribution in [0, 0.1) is 23.7 Å². The first-order valence-electron chi connectivity index (χ1n) is 24.5. The summed E-state index contributed by atoms with van der Waals surface area (Å²) in [6, 6.07) is -0.767. The number of aliphatic hydroxyl groups excluding tert-OH is 6. The second-order valence-corrected chi connectivity index (χ2v) is 19.9. The maximum atomic E-state index is 13.7. The molecule has 0 aromatic heterocycles. The van der Waals surface area contributed by atoms with Crippen molar-refractivity contribution in [3.05, 3.63) is 23.8 Å². The van der Waals surface area contributed by atoms with Gasteiger partial charge in [0.15, 0.2) is 36.9 Å². The van der Waals surface area contributed by atoms with Crippen molar-refractivity contribution in [2.75, 3.05) is 34.9 Å². The number of aliphatic carboxylic acids is 2. The minimum atomic E-state index is -2.27. The average molecular weight is 1050 g/mol. The van der Waals surface area contributed by atoms with Crippen molar-refractivity contribution in [1.29, 1.82) is 0 Å². The van der Waals surface area contributed by atoms with Gasteiger partial charge in [0, 0.05) is 44.3 Å². The van der Waals surface area contributed by atoms with E-state index in [1.165, 1.54) is 27.2 Å². The lowest BCUT2D eigenvalue weighted by Gasteiger charge is -2.50. The van der Waals surface area contributed by atoms with Crippen LogP contribution in [0.5, 0.6) is 0 Å². The number of nitrogens with zero attached hydrogens (tertiary/aromatic N) is 1. The molecule has 420 valence electrons. The van der Waals surface area contributed by atoms with Crippen LogP contribution in [0.25, 0.3) is 0 Å². The number of likely N-dealkylation sites (N-methyl/N-ethyl adjacent to an activating group) is 1. The molecule has 4 heterocycles. The van der Waals surface area contributed by atoms with E-state index in [0.717, 1.165) is 0 Å². The number of carboxylic acid groups (broad SMARTS) is 2. The molecule has 9 N–H and O–H groups in total. The molecule has 0 spiro atoms. The number of carbonyl (C=O) groups is 5. The SMILES string of the molecule is CCC1OC(=O)CC(O)C(C)C(OC2OC(C)C(OC3CC(C)(O)C(O)C(C)O3)C(N(C)C)C2O)C(C=O)CC(C)C(=O)/C=C/C(C)=C/C1COC1OC(C)C(O)C(OC)C1OC.O=C(O)C(O)C(O)C(=O)O. The van der Waals surface area contributed by atoms with E-state index in [9.17, 15) is 49.5 Å². The Morgan fingerprint density at radius 2 is 1.42 bits per heavy atom. The second-order valence-electron chi connectivity index (χ2n) is 19.9. The summed E-state index contributed by atoms with van der Waals surface area (Å²) >= 11 is 0. The topological polar surface area (TPSA) is 354 Å². The van der Waals surface area contributed by atoms with Gasteiger partial charge in [0.25, 0.3) is 0 Å². The summed E-state index contributed by atoms with van der Waals surface area (Å²) in [6.45, 7) is 13.5. The van der Waals surface area contributed by atoms with E-state index in [4.69, 9.17) is 63.1 Å². The number of hydrogen-bond donors (Lipinski definition) is 9. The van der Waals surface area contributed by atoms with Crippen LogP contribution in [-0.4, -0.2) is 232 Å². The van der Waals surface area contributed by atoms with Gasteiger partial charge >= 0.3 is 17.9 Å². The van der Waals surface area contributed by atoms with Crippen LogP contribution < -0.4 is 0 Å². The van der Waals surface area contributed by atoms with Crippen molar-refractivity contribution >= 4 is 30.0 Å². The molecular formula is C49H81NO23.